The van der Waals surface area contributed by atoms with E-state index in [1.807, 2.05) is 19.1 Å². The van der Waals surface area contributed by atoms with Crippen molar-refractivity contribution in [1.29, 1.82) is 0 Å². The Kier molecular flexibility index (Phi) is 2.77. The molecule has 0 aromatic carbocycles. The Hall–Kier alpha value is -1.29. The predicted molar refractivity (Wildman–Crippen MR) is 57.8 cm³/mol. The van der Waals surface area contributed by atoms with Gasteiger partial charge in [-0.05, 0) is 26.0 Å². The van der Waals surface area contributed by atoms with Crippen molar-refractivity contribution < 1.29 is 9.21 Å². The molecule has 1 aliphatic rings. The van der Waals surface area contributed by atoms with E-state index in [9.17, 15) is 4.79 Å². The zero-order chi connectivity index (χ0) is 10.8. The number of rotatable bonds is 2. The number of furan rings is 1. The van der Waals surface area contributed by atoms with Gasteiger partial charge in [0.25, 0.3) is 0 Å². The van der Waals surface area contributed by atoms with Gasteiger partial charge in [-0.15, -0.1) is 0 Å². The minimum atomic E-state index is 0.0976. The molecule has 0 aliphatic carbocycles. The van der Waals surface area contributed by atoms with E-state index >= 15 is 0 Å². The molecule has 0 bridgehead atoms. The van der Waals surface area contributed by atoms with Crippen molar-refractivity contribution in [2.75, 3.05) is 25.0 Å². The lowest BCUT2D eigenvalue weighted by Crippen LogP contribution is -2.33. The highest BCUT2D eigenvalue weighted by molar-refractivity contribution is 5.93. The molecule has 15 heavy (non-hydrogen) atoms. The number of nitrogens with one attached hydrogen (secondary N) is 1. The van der Waals surface area contributed by atoms with Crippen LogP contribution in [-0.4, -0.2) is 26.0 Å². The number of aryl methyl sites for hydroxylation is 1. The molecule has 1 unspecified atom stereocenters. The van der Waals surface area contributed by atoms with Gasteiger partial charge in [0.1, 0.15) is 5.76 Å². The van der Waals surface area contributed by atoms with Crippen molar-refractivity contribution in [2.24, 2.45) is 5.92 Å². The second kappa shape index (κ2) is 4.06. The molecule has 1 aromatic rings. The molecule has 1 amide bonds. The SMILES string of the molecule is Cc1ccc(N(C)C(=O)C2CCNC2)o1. The molecule has 1 N–H and O–H groups in total. The van der Waals surface area contributed by atoms with Crippen molar-refractivity contribution in [1.82, 2.24) is 5.32 Å². The molecule has 1 aromatic heterocycles. The third-order valence-electron chi connectivity index (χ3n) is 2.80. The van der Waals surface area contributed by atoms with E-state index in [4.69, 9.17) is 4.42 Å². The van der Waals surface area contributed by atoms with Crippen molar-refractivity contribution >= 4 is 11.8 Å². The number of carbonyl (C=O) groups is 1. The van der Waals surface area contributed by atoms with Crippen LogP contribution in [0.4, 0.5) is 5.88 Å². The summed E-state index contributed by atoms with van der Waals surface area (Å²) in [5, 5.41) is 3.19. The van der Waals surface area contributed by atoms with Crippen LogP contribution in [0, 0.1) is 12.8 Å². The first-order valence-corrected chi connectivity index (χ1v) is 5.23. The maximum absolute atomic E-state index is 12.0. The zero-order valence-electron chi connectivity index (χ0n) is 9.12. The third-order valence-corrected chi connectivity index (χ3v) is 2.80. The Morgan fingerprint density at radius 2 is 2.40 bits per heavy atom. The van der Waals surface area contributed by atoms with Crippen LogP contribution in [-0.2, 0) is 4.79 Å². The first-order chi connectivity index (χ1) is 7.18. The topological polar surface area (TPSA) is 45.5 Å². The monoisotopic (exact) mass is 208 g/mol. The lowest BCUT2D eigenvalue weighted by molar-refractivity contribution is -0.121. The molecule has 1 saturated heterocycles. The summed E-state index contributed by atoms with van der Waals surface area (Å²) >= 11 is 0. The van der Waals surface area contributed by atoms with E-state index in [1.54, 1.807) is 11.9 Å². The van der Waals surface area contributed by atoms with Crippen molar-refractivity contribution in [3.05, 3.63) is 17.9 Å². The summed E-state index contributed by atoms with van der Waals surface area (Å²) in [6.07, 6.45) is 0.920. The number of hydrogen-bond donors (Lipinski definition) is 1. The molecule has 1 fully saturated rings. The largest absolute Gasteiger partial charge is 0.445 e. The number of hydrogen-bond acceptors (Lipinski definition) is 3. The van der Waals surface area contributed by atoms with Crippen molar-refractivity contribution in [3.8, 4) is 0 Å². The smallest absolute Gasteiger partial charge is 0.233 e. The lowest BCUT2D eigenvalue weighted by Gasteiger charge is -2.17. The fourth-order valence-corrected chi connectivity index (χ4v) is 1.85. The number of nitrogens with zero attached hydrogens (tertiary/aromatic N) is 1. The van der Waals surface area contributed by atoms with Crippen LogP contribution in [0.2, 0.25) is 0 Å². The molecular weight excluding hydrogens is 192 g/mol. The van der Waals surface area contributed by atoms with Gasteiger partial charge in [-0.25, -0.2) is 0 Å². The van der Waals surface area contributed by atoms with Crippen LogP contribution < -0.4 is 10.2 Å². The summed E-state index contributed by atoms with van der Waals surface area (Å²) < 4.78 is 5.41. The van der Waals surface area contributed by atoms with E-state index in [-0.39, 0.29) is 11.8 Å². The molecule has 4 nitrogen and oxygen atoms in total. The van der Waals surface area contributed by atoms with Crippen LogP contribution in [0.3, 0.4) is 0 Å². The van der Waals surface area contributed by atoms with E-state index in [0.717, 1.165) is 25.3 Å². The van der Waals surface area contributed by atoms with Gasteiger partial charge in [0.15, 0.2) is 0 Å². The maximum atomic E-state index is 12.0. The number of anilines is 1. The Morgan fingerprint density at radius 1 is 1.60 bits per heavy atom. The Labute approximate surface area is 89.2 Å². The molecule has 4 heteroatoms. The van der Waals surface area contributed by atoms with Gasteiger partial charge in [-0.1, -0.05) is 0 Å². The highest BCUT2D eigenvalue weighted by Crippen LogP contribution is 2.20. The number of carbonyl (C=O) groups excluding carboxylic acids is 1. The summed E-state index contributed by atoms with van der Waals surface area (Å²) in [5.74, 6) is 1.69. The molecule has 82 valence electrons. The molecule has 0 spiro atoms. The van der Waals surface area contributed by atoms with E-state index in [2.05, 4.69) is 5.32 Å². The molecule has 1 atom stereocenters. The highest BCUT2D eigenvalue weighted by atomic mass is 16.4. The standard InChI is InChI=1S/C11H16N2O2/c1-8-3-4-10(15-8)13(2)11(14)9-5-6-12-7-9/h3-4,9,12H,5-7H2,1-2H3. The minimum Gasteiger partial charge on any atom is -0.445 e. The first kappa shape index (κ1) is 10.2. The zero-order valence-corrected chi connectivity index (χ0v) is 9.12. The highest BCUT2D eigenvalue weighted by Gasteiger charge is 2.26. The van der Waals surface area contributed by atoms with E-state index in [0.29, 0.717) is 5.88 Å². The van der Waals surface area contributed by atoms with Gasteiger partial charge in [0.05, 0.1) is 5.92 Å². The normalized spacial score (nSPS) is 20.5. The van der Waals surface area contributed by atoms with Crippen LogP contribution in [0.15, 0.2) is 16.5 Å². The minimum absolute atomic E-state index is 0.0976. The fourth-order valence-electron chi connectivity index (χ4n) is 1.85. The molecule has 0 radical (unpaired) electrons. The van der Waals surface area contributed by atoms with Gasteiger partial charge >= 0.3 is 0 Å². The van der Waals surface area contributed by atoms with Gasteiger partial charge in [-0.3, -0.25) is 9.69 Å². The van der Waals surface area contributed by atoms with Gasteiger partial charge < -0.3 is 9.73 Å². The van der Waals surface area contributed by atoms with Gasteiger partial charge in [0.2, 0.25) is 11.8 Å². The summed E-state index contributed by atoms with van der Waals surface area (Å²) in [6, 6.07) is 3.70. The Balaban J connectivity index is 2.06. The average Bonchev–Trinajstić information content (AvgIpc) is 2.85. The van der Waals surface area contributed by atoms with Crippen molar-refractivity contribution in [3.63, 3.8) is 0 Å². The van der Waals surface area contributed by atoms with Crippen LogP contribution in [0.25, 0.3) is 0 Å². The molecule has 1 aliphatic heterocycles. The second-order valence-corrected chi connectivity index (χ2v) is 3.97. The fraction of sp³-hybridized carbons (Fsp3) is 0.545. The second-order valence-electron chi connectivity index (χ2n) is 3.97. The van der Waals surface area contributed by atoms with Gasteiger partial charge in [-0.2, -0.15) is 0 Å². The third kappa shape index (κ3) is 2.04. The van der Waals surface area contributed by atoms with Crippen LogP contribution in [0.1, 0.15) is 12.2 Å². The van der Waals surface area contributed by atoms with Crippen LogP contribution >= 0.6 is 0 Å². The summed E-state index contributed by atoms with van der Waals surface area (Å²) in [6.45, 7) is 3.59. The van der Waals surface area contributed by atoms with Crippen molar-refractivity contribution in [2.45, 2.75) is 13.3 Å². The quantitative estimate of drug-likeness (QED) is 0.793. The molecule has 2 heterocycles. The summed E-state index contributed by atoms with van der Waals surface area (Å²) in [5.41, 5.74) is 0. The summed E-state index contributed by atoms with van der Waals surface area (Å²) in [4.78, 5) is 13.6. The van der Waals surface area contributed by atoms with E-state index in [1.165, 1.54) is 0 Å². The number of amides is 1. The lowest BCUT2D eigenvalue weighted by atomic mass is 10.1. The summed E-state index contributed by atoms with van der Waals surface area (Å²) in [7, 11) is 1.76. The molecule has 2 rings (SSSR count). The van der Waals surface area contributed by atoms with E-state index < -0.39 is 0 Å². The maximum Gasteiger partial charge on any atom is 0.233 e. The average molecular weight is 208 g/mol. The Bertz CT molecular complexity index is 353. The predicted octanol–water partition coefficient (Wildman–Crippen LogP) is 1.16. The van der Waals surface area contributed by atoms with Crippen LogP contribution in [0.5, 0.6) is 0 Å². The molecule has 0 saturated carbocycles. The van der Waals surface area contributed by atoms with Gasteiger partial charge in [0, 0.05) is 19.7 Å². The first-order valence-electron chi connectivity index (χ1n) is 5.23. The molecular formula is C11H16N2O2. The Morgan fingerprint density at radius 3 is 2.93 bits per heavy atom.